The molecule has 5 nitrogen and oxygen atoms in total. The molecule has 1 aromatic rings. The Balaban J connectivity index is 2.17. The third-order valence-electron chi connectivity index (χ3n) is 3.07. The number of non-ortho nitro benzene ring substituents is 1. The summed E-state index contributed by atoms with van der Waals surface area (Å²) in [6.07, 6.45) is 2.82. The number of hydrogen-bond donors (Lipinski definition) is 1. The summed E-state index contributed by atoms with van der Waals surface area (Å²) in [5.41, 5.74) is 0.638. The highest BCUT2D eigenvalue weighted by Crippen LogP contribution is 2.38. The van der Waals surface area contributed by atoms with E-state index < -0.39 is 16.8 Å². The van der Waals surface area contributed by atoms with Crippen LogP contribution in [-0.4, -0.2) is 16.0 Å². The Kier molecular flexibility index (Phi) is 3.08. The van der Waals surface area contributed by atoms with Crippen molar-refractivity contribution in [3.05, 3.63) is 39.9 Å². The summed E-state index contributed by atoms with van der Waals surface area (Å²) < 4.78 is 0. The van der Waals surface area contributed by atoms with Crippen LogP contribution in [-0.2, 0) is 4.79 Å². The average Bonchev–Trinajstić information content (AvgIpc) is 3.09. The molecule has 90 valence electrons. The number of carboxylic acid groups (broad SMARTS) is 1. The molecule has 0 bridgehead atoms. The van der Waals surface area contributed by atoms with Gasteiger partial charge in [-0.25, -0.2) is 0 Å². The van der Waals surface area contributed by atoms with Gasteiger partial charge in [0.05, 0.1) is 10.8 Å². The number of aliphatic carboxylic acids is 1. The summed E-state index contributed by atoms with van der Waals surface area (Å²) in [5.74, 6) is -0.889. The Morgan fingerprint density at radius 1 is 1.41 bits per heavy atom. The first-order chi connectivity index (χ1) is 8.08. The fourth-order valence-electron chi connectivity index (χ4n) is 1.89. The highest BCUT2D eigenvalue weighted by Gasteiger charge is 2.30. The van der Waals surface area contributed by atoms with Gasteiger partial charge in [-0.05, 0) is 17.9 Å². The lowest BCUT2D eigenvalue weighted by atomic mass is 9.93. The van der Waals surface area contributed by atoms with Gasteiger partial charge in [-0.15, -0.1) is 0 Å². The first-order valence-corrected chi connectivity index (χ1v) is 5.55. The van der Waals surface area contributed by atoms with Gasteiger partial charge in [0.2, 0.25) is 0 Å². The summed E-state index contributed by atoms with van der Waals surface area (Å²) in [6.45, 7) is 0. The molecule has 1 aliphatic rings. The molecule has 17 heavy (non-hydrogen) atoms. The Bertz CT molecular complexity index is 436. The number of carbonyl (C=O) groups is 1. The Morgan fingerprint density at radius 2 is 2.00 bits per heavy atom. The summed E-state index contributed by atoms with van der Waals surface area (Å²) in [5, 5.41) is 19.6. The fourth-order valence-corrected chi connectivity index (χ4v) is 1.89. The SMILES string of the molecule is O=C(O)C(CC1CC1)c1ccc([N+](=O)[O-])cc1. The average molecular weight is 235 g/mol. The van der Waals surface area contributed by atoms with Crippen LogP contribution in [0.15, 0.2) is 24.3 Å². The molecular formula is C12H13NO4. The van der Waals surface area contributed by atoms with Gasteiger partial charge in [-0.1, -0.05) is 25.0 Å². The van der Waals surface area contributed by atoms with Gasteiger partial charge >= 0.3 is 5.97 Å². The lowest BCUT2D eigenvalue weighted by Gasteiger charge is -2.11. The Hall–Kier alpha value is -1.91. The maximum Gasteiger partial charge on any atom is 0.310 e. The summed E-state index contributed by atoms with van der Waals surface area (Å²) in [7, 11) is 0. The third kappa shape index (κ3) is 2.81. The third-order valence-corrected chi connectivity index (χ3v) is 3.07. The van der Waals surface area contributed by atoms with Crippen LogP contribution in [0, 0.1) is 16.0 Å². The van der Waals surface area contributed by atoms with Crippen molar-refractivity contribution in [3.63, 3.8) is 0 Å². The van der Waals surface area contributed by atoms with E-state index in [1.165, 1.54) is 12.1 Å². The maximum atomic E-state index is 11.1. The highest BCUT2D eigenvalue weighted by molar-refractivity contribution is 5.76. The van der Waals surface area contributed by atoms with Crippen molar-refractivity contribution < 1.29 is 14.8 Å². The molecule has 0 spiro atoms. The molecule has 0 radical (unpaired) electrons. The minimum atomic E-state index is -0.856. The molecule has 1 N–H and O–H groups in total. The van der Waals surface area contributed by atoms with Gasteiger partial charge in [-0.3, -0.25) is 14.9 Å². The molecule has 0 saturated heterocycles. The topological polar surface area (TPSA) is 80.4 Å². The van der Waals surface area contributed by atoms with Gasteiger partial charge in [0.25, 0.3) is 5.69 Å². The molecule has 5 heteroatoms. The number of nitrogens with zero attached hydrogens (tertiary/aromatic N) is 1. The Morgan fingerprint density at radius 3 is 2.41 bits per heavy atom. The van der Waals surface area contributed by atoms with Gasteiger partial charge in [0.15, 0.2) is 0 Å². The van der Waals surface area contributed by atoms with Crippen molar-refractivity contribution in [1.29, 1.82) is 0 Å². The van der Waals surface area contributed by atoms with E-state index in [0.717, 1.165) is 12.8 Å². The van der Waals surface area contributed by atoms with Gasteiger partial charge in [0.1, 0.15) is 0 Å². The standard InChI is InChI=1S/C12H13NO4/c14-12(15)11(7-8-1-2-8)9-3-5-10(6-4-9)13(16)17/h3-6,8,11H,1-2,7H2,(H,14,15). The number of carboxylic acids is 1. The number of hydrogen-bond acceptors (Lipinski definition) is 3. The zero-order valence-corrected chi connectivity index (χ0v) is 9.20. The molecule has 0 amide bonds. The zero-order valence-electron chi connectivity index (χ0n) is 9.20. The molecule has 1 saturated carbocycles. The lowest BCUT2D eigenvalue weighted by molar-refractivity contribution is -0.384. The molecule has 1 aromatic carbocycles. The van der Waals surface area contributed by atoms with Crippen LogP contribution in [0.4, 0.5) is 5.69 Å². The molecule has 0 aromatic heterocycles. The van der Waals surface area contributed by atoms with E-state index in [0.29, 0.717) is 17.9 Å². The molecule has 0 heterocycles. The first-order valence-electron chi connectivity index (χ1n) is 5.55. The number of nitro groups is 1. The summed E-state index contributed by atoms with van der Waals surface area (Å²) >= 11 is 0. The lowest BCUT2D eigenvalue weighted by Crippen LogP contribution is -2.12. The molecular weight excluding hydrogens is 222 g/mol. The first kappa shape index (κ1) is 11.6. The van der Waals surface area contributed by atoms with Crippen molar-refractivity contribution in [2.75, 3.05) is 0 Å². The number of benzene rings is 1. The second-order valence-electron chi connectivity index (χ2n) is 4.42. The largest absolute Gasteiger partial charge is 0.481 e. The predicted octanol–water partition coefficient (Wildman–Crippen LogP) is 2.56. The van der Waals surface area contributed by atoms with E-state index in [4.69, 9.17) is 5.11 Å². The summed E-state index contributed by atoms with van der Waals surface area (Å²) in [4.78, 5) is 21.2. The highest BCUT2D eigenvalue weighted by atomic mass is 16.6. The molecule has 2 rings (SSSR count). The predicted molar refractivity (Wildman–Crippen MR) is 60.8 cm³/mol. The molecule has 1 atom stereocenters. The van der Waals surface area contributed by atoms with E-state index in [1.807, 2.05) is 0 Å². The molecule has 1 aliphatic carbocycles. The van der Waals surface area contributed by atoms with Crippen LogP contribution in [0.3, 0.4) is 0 Å². The van der Waals surface area contributed by atoms with Crippen LogP contribution in [0.5, 0.6) is 0 Å². The molecule has 1 fully saturated rings. The minimum Gasteiger partial charge on any atom is -0.481 e. The van der Waals surface area contributed by atoms with E-state index in [-0.39, 0.29) is 5.69 Å². The fraction of sp³-hybridized carbons (Fsp3) is 0.417. The van der Waals surface area contributed by atoms with Crippen LogP contribution < -0.4 is 0 Å². The van der Waals surface area contributed by atoms with Crippen LogP contribution in [0.25, 0.3) is 0 Å². The van der Waals surface area contributed by atoms with Crippen molar-refractivity contribution >= 4 is 11.7 Å². The van der Waals surface area contributed by atoms with Gasteiger partial charge < -0.3 is 5.11 Å². The molecule has 1 unspecified atom stereocenters. The number of rotatable bonds is 5. The van der Waals surface area contributed by atoms with E-state index in [9.17, 15) is 14.9 Å². The van der Waals surface area contributed by atoms with Crippen molar-refractivity contribution in [1.82, 2.24) is 0 Å². The maximum absolute atomic E-state index is 11.1. The minimum absolute atomic E-state index is 0.00990. The number of nitro benzene ring substituents is 1. The van der Waals surface area contributed by atoms with E-state index in [2.05, 4.69) is 0 Å². The second-order valence-corrected chi connectivity index (χ2v) is 4.42. The van der Waals surface area contributed by atoms with Crippen LogP contribution in [0.1, 0.15) is 30.7 Å². The van der Waals surface area contributed by atoms with E-state index in [1.54, 1.807) is 12.1 Å². The van der Waals surface area contributed by atoms with Gasteiger partial charge in [-0.2, -0.15) is 0 Å². The van der Waals surface area contributed by atoms with Gasteiger partial charge in [0, 0.05) is 12.1 Å². The summed E-state index contributed by atoms with van der Waals surface area (Å²) in [6, 6.07) is 5.80. The molecule has 0 aliphatic heterocycles. The van der Waals surface area contributed by atoms with Crippen molar-refractivity contribution in [2.24, 2.45) is 5.92 Å². The van der Waals surface area contributed by atoms with Crippen molar-refractivity contribution in [2.45, 2.75) is 25.2 Å². The monoisotopic (exact) mass is 235 g/mol. The zero-order chi connectivity index (χ0) is 12.4. The second kappa shape index (κ2) is 4.53. The normalized spacial score (nSPS) is 16.5. The quantitative estimate of drug-likeness (QED) is 0.628. The smallest absolute Gasteiger partial charge is 0.310 e. The van der Waals surface area contributed by atoms with Crippen LogP contribution >= 0.6 is 0 Å². The van der Waals surface area contributed by atoms with Crippen molar-refractivity contribution in [3.8, 4) is 0 Å². The van der Waals surface area contributed by atoms with E-state index >= 15 is 0 Å². The van der Waals surface area contributed by atoms with Crippen LogP contribution in [0.2, 0.25) is 0 Å². The Labute approximate surface area is 98.2 Å².